The highest BCUT2D eigenvalue weighted by atomic mass is 35.5. The summed E-state index contributed by atoms with van der Waals surface area (Å²) in [7, 11) is 1.63. The quantitative estimate of drug-likeness (QED) is 0.263. The molecule has 0 saturated heterocycles. The third kappa shape index (κ3) is 5.52. The van der Waals surface area contributed by atoms with Gasteiger partial charge in [0.1, 0.15) is 12.4 Å². The van der Waals surface area contributed by atoms with Crippen molar-refractivity contribution in [1.29, 1.82) is 0 Å². The van der Waals surface area contributed by atoms with Crippen LogP contribution in [0.2, 0.25) is 5.02 Å². The number of nitrogens with one attached hydrogen (secondary N) is 2. The van der Waals surface area contributed by atoms with Crippen LogP contribution in [0.4, 0.5) is 0 Å². The molecule has 1 heterocycles. The van der Waals surface area contributed by atoms with Gasteiger partial charge in [-0.15, -0.1) is 0 Å². The van der Waals surface area contributed by atoms with Gasteiger partial charge >= 0.3 is 0 Å². The molecular formula is C25H25ClN4O3S. The normalized spacial score (nSPS) is 10.7. The van der Waals surface area contributed by atoms with Crippen molar-refractivity contribution in [1.82, 2.24) is 14.9 Å². The number of benzene rings is 3. The lowest BCUT2D eigenvalue weighted by molar-refractivity contribution is 0.269. The lowest BCUT2D eigenvalue weighted by atomic mass is 10.2. The molecule has 0 fully saturated rings. The van der Waals surface area contributed by atoms with E-state index in [0.29, 0.717) is 52.6 Å². The minimum absolute atomic E-state index is 0.418. The maximum absolute atomic E-state index is 6.00. The lowest BCUT2D eigenvalue weighted by Gasteiger charge is -2.15. The highest BCUT2D eigenvalue weighted by molar-refractivity contribution is 7.71. The maximum Gasteiger partial charge on any atom is 0.214 e. The van der Waals surface area contributed by atoms with E-state index in [4.69, 9.17) is 38.0 Å². The number of H-pyrrole nitrogens is 1. The molecule has 0 radical (unpaired) electrons. The first-order valence-corrected chi connectivity index (χ1v) is 11.5. The minimum Gasteiger partial charge on any atom is -0.496 e. The number of methoxy groups -OCH3 is 1. The number of para-hydroxylation sites is 1. The SMILES string of the molecule is CCOc1cc(CNn2c(-c3ccccc3OC)n[nH]c2=S)ccc1OCc1ccc(Cl)cc1. The average molecular weight is 497 g/mol. The summed E-state index contributed by atoms with van der Waals surface area (Å²) in [5.41, 5.74) is 6.18. The van der Waals surface area contributed by atoms with Gasteiger partial charge in [0.15, 0.2) is 17.3 Å². The van der Waals surface area contributed by atoms with Crippen LogP contribution in [0.3, 0.4) is 0 Å². The summed E-state index contributed by atoms with van der Waals surface area (Å²) in [6.07, 6.45) is 0. The molecule has 0 saturated carbocycles. The largest absolute Gasteiger partial charge is 0.496 e. The van der Waals surface area contributed by atoms with Crippen LogP contribution in [0.25, 0.3) is 11.4 Å². The molecule has 0 unspecified atom stereocenters. The zero-order chi connectivity index (χ0) is 23.9. The molecule has 9 heteroatoms. The second-order valence-electron chi connectivity index (χ2n) is 7.35. The van der Waals surface area contributed by atoms with E-state index >= 15 is 0 Å². The van der Waals surface area contributed by atoms with E-state index < -0.39 is 0 Å². The zero-order valence-electron chi connectivity index (χ0n) is 18.9. The van der Waals surface area contributed by atoms with Crippen LogP contribution >= 0.6 is 23.8 Å². The Balaban J connectivity index is 1.50. The molecule has 4 rings (SSSR count). The second kappa shape index (κ2) is 11.1. The van der Waals surface area contributed by atoms with Gasteiger partial charge in [0, 0.05) is 5.02 Å². The third-order valence-electron chi connectivity index (χ3n) is 5.08. The molecule has 0 atom stereocenters. The van der Waals surface area contributed by atoms with E-state index in [-0.39, 0.29) is 0 Å². The Morgan fingerprint density at radius 3 is 2.50 bits per heavy atom. The summed E-state index contributed by atoms with van der Waals surface area (Å²) in [4.78, 5) is 0. The fourth-order valence-corrected chi connectivity index (χ4v) is 3.74. The Labute approximate surface area is 208 Å². The van der Waals surface area contributed by atoms with Crippen LogP contribution in [-0.2, 0) is 13.2 Å². The maximum atomic E-state index is 6.00. The Hall–Kier alpha value is -3.49. The van der Waals surface area contributed by atoms with Crippen LogP contribution in [0.1, 0.15) is 18.1 Å². The van der Waals surface area contributed by atoms with E-state index in [9.17, 15) is 0 Å². The van der Waals surface area contributed by atoms with Crippen molar-refractivity contribution in [3.63, 3.8) is 0 Å². The van der Waals surface area contributed by atoms with E-state index in [1.807, 2.05) is 73.7 Å². The first kappa shape index (κ1) is 23.7. The summed E-state index contributed by atoms with van der Waals surface area (Å²) >= 11 is 11.4. The number of aromatic nitrogens is 3. The molecule has 0 aliphatic heterocycles. The Bertz CT molecular complexity index is 1300. The van der Waals surface area contributed by atoms with Crippen LogP contribution in [0.15, 0.2) is 66.7 Å². The van der Waals surface area contributed by atoms with Crippen molar-refractivity contribution in [2.24, 2.45) is 0 Å². The van der Waals surface area contributed by atoms with E-state index in [0.717, 1.165) is 16.7 Å². The first-order chi connectivity index (χ1) is 16.6. The fourth-order valence-electron chi connectivity index (χ4n) is 3.42. The van der Waals surface area contributed by atoms with Gasteiger partial charge in [-0.25, -0.2) is 9.77 Å². The van der Waals surface area contributed by atoms with Gasteiger partial charge in [-0.3, -0.25) is 0 Å². The van der Waals surface area contributed by atoms with Gasteiger partial charge in [-0.1, -0.05) is 41.9 Å². The zero-order valence-corrected chi connectivity index (χ0v) is 20.4. The summed E-state index contributed by atoms with van der Waals surface area (Å²) in [5, 5.41) is 7.92. The molecule has 3 aromatic carbocycles. The molecule has 1 aromatic heterocycles. The molecule has 176 valence electrons. The Morgan fingerprint density at radius 2 is 1.74 bits per heavy atom. The number of hydrogen-bond acceptors (Lipinski definition) is 6. The van der Waals surface area contributed by atoms with Crippen LogP contribution in [-0.4, -0.2) is 28.6 Å². The first-order valence-electron chi connectivity index (χ1n) is 10.8. The van der Waals surface area contributed by atoms with Crippen molar-refractivity contribution in [3.05, 3.63) is 87.7 Å². The van der Waals surface area contributed by atoms with Crippen LogP contribution in [0.5, 0.6) is 17.2 Å². The summed E-state index contributed by atoms with van der Waals surface area (Å²) in [6.45, 7) is 3.38. The van der Waals surface area contributed by atoms with Crippen molar-refractivity contribution in [2.45, 2.75) is 20.1 Å². The van der Waals surface area contributed by atoms with E-state index in [2.05, 4.69) is 15.6 Å². The van der Waals surface area contributed by atoms with Gasteiger partial charge in [0.2, 0.25) is 4.77 Å². The highest BCUT2D eigenvalue weighted by Crippen LogP contribution is 2.30. The Kier molecular flexibility index (Phi) is 7.72. The molecule has 0 spiro atoms. The fraction of sp³-hybridized carbons (Fsp3) is 0.200. The number of aromatic amines is 1. The lowest BCUT2D eigenvalue weighted by Crippen LogP contribution is -2.16. The summed E-state index contributed by atoms with van der Waals surface area (Å²) in [5.74, 6) is 2.70. The van der Waals surface area contributed by atoms with Crippen molar-refractivity contribution in [2.75, 3.05) is 19.1 Å². The molecule has 7 nitrogen and oxygen atoms in total. The smallest absolute Gasteiger partial charge is 0.214 e. The van der Waals surface area contributed by atoms with E-state index in [1.165, 1.54) is 0 Å². The number of nitrogens with zero attached hydrogens (tertiary/aromatic N) is 2. The van der Waals surface area contributed by atoms with Crippen molar-refractivity contribution in [3.8, 4) is 28.6 Å². The molecule has 34 heavy (non-hydrogen) atoms. The molecule has 4 aromatic rings. The predicted octanol–water partition coefficient (Wildman–Crippen LogP) is 5.99. The number of rotatable bonds is 10. The molecule has 0 aliphatic rings. The predicted molar refractivity (Wildman–Crippen MR) is 136 cm³/mol. The average Bonchev–Trinajstić information content (AvgIpc) is 3.23. The molecule has 0 bridgehead atoms. The standard InChI is InChI=1S/C25H25ClN4O3S/c1-3-32-23-14-18(10-13-22(23)33-16-17-8-11-19(26)12-9-17)15-27-30-24(28-29-25(30)34)20-6-4-5-7-21(20)31-2/h4-14,27H,3,15-16H2,1-2H3,(H,29,34). The van der Waals surface area contributed by atoms with Gasteiger partial charge in [-0.05, 0) is 66.7 Å². The molecule has 0 aliphatic carbocycles. The van der Waals surface area contributed by atoms with Crippen molar-refractivity contribution >= 4 is 23.8 Å². The highest BCUT2D eigenvalue weighted by Gasteiger charge is 2.14. The van der Waals surface area contributed by atoms with Gasteiger partial charge in [-0.2, -0.15) is 5.10 Å². The number of halogens is 1. The van der Waals surface area contributed by atoms with Crippen molar-refractivity contribution < 1.29 is 14.2 Å². The van der Waals surface area contributed by atoms with Gasteiger partial charge in [0.05, 0.1) is 25.8 Å². The molecule has 0 amide bonds. The second-order valence-corrected chi connectivity index (χ2v) is 8.18. The Morgan fingerprint density at radius 1 is 0.971 bits per heavy atom. The topological polar surface area (TPSA) is 73.3 Å². The molecule has 2 N–H and O–H groups in total. The molecular weight excluding hydrogens is 472 g/mol. The summed E-state index contributed by atoms with van der Waals surface area (Å²) < 4.78 is 19.5. The third-order valence-corrected chi connectivity index (χ3v) is 5.60. The number of hydrogen-bond donors (Lipinski definition) is 2. The van der Waals surface area contributed by atoms with Crippen LogP contribution in [0, 0.1) is 4.77 Å². The van der Waals surface area contributed by atoms with Gasteiger partial charge in [0.25, 0.3) is 0 Å². The minimum atomic E-state index is 0.418. The monoisotopic (exact) mass is 496 g/mol. The van der Waals surface area contributed by atoms with E-state index in [1.54, 1.807) is 11.8 Å². The van der Waals surface area contributed by atoms with Crippen LogP contribution < -0.4 is 19.6 Å². The van der Waals surface area contributed by atoms with Gasteiger partial charge < -0.3 is 19.6 Å². The number of ether oxygens (including phenoxy) is 3. The summed E-state index contributed by atoms with van der Waals surface area (Å²) in [6, 6.07) is 21.1.